The van der Waals surface area contributed by atoms with Gasteiger partial charge in [-0.15, -0.1) is 0 Å². The minimum atomic E-state index is 0.561. The third-order valence-corrected chi connectivity index (χ3v) is 3.93. The molecule has 0 atom stereocenters. The number of aromatic nitrogens is 2. The SMILES string of the molecule is Cc1cc2nc(SCCC#N)n(C)c2cc1C. The third-order valence-electron chi connectivity index (χ3n) is 2.90. The molecule has 0 aliphatic carbocycles. The largest absolute Gasteiger partial charge is 0.322 e. The van der Waals surface area contributed by atoms with Gasteiger partial charge in [0.05, 0.1) is 17.1 Å². The van der Waals surface area contributed by atoms with Crippen molar-refractivity contribution in [2.75, 3.05) is 5.75 Å². The van der Waals surface area contributed by atoms with Gasteiger partial charge in [0, 0.05) is 19.2 Å². The minimum absolute atomic E-state index is 0.561. The van der Waals surface area contributed by atoms with Gasteiger partial charge in [0.15, 0.2) is 5.16 Å². The van der Waals surface area contributed by atoms with Crippen molar-refractivity contribution in [3.63, 3.8) is 0 Å². The van der Waals surface area contributed by atoms with Gasteiger partial charge < -0.3 is 4.57 Å². The molecule has 1 aromatic heterocycles. The first-order chi connectivity index (χ1) is 8.13. The van der Waals surface area contributed by atoms with Gasteiger partial charge in [0.25, 0.3) is 0 Å². The fourth-order valence-electron chi connectivity index (χ4n) is 1.74. The molecule has 17 heavy (non-hydrogen) atoms. The highest BCUT2D eigenvalue weighted by atomic mass is 32.2. The van der Waals surface area contributed by atoms with Crippen molar-refractivity contribution in [2.24, 2.45) is 7.05 Å². The van der Waals surface area contributed by atoms with Crippen LogP contribution in [0.15, 0.2) is 17.3 Å². The standard InChI is InChI=1S/C13H15N3S/c1-9-7-11-12(8-10(9)2)16(3)13(15-11)17-6-4-5-14/h7-8H,4,6H2,1-3H3. The van der Waals surface area contributed by atoms with Gasteiger partial charge in [-0.25, -0.2) is 4.98 Å². The Morgan fingerprint density at radius 1 is 1.35 bits per heavy atom. The molecular formula is C13H15N3S. The number of rotatable bonds is 3. The zero-order valence-corrected chi connectivity index (χ0v) is 11.1. The Morgan fingerprint density at radius 3 is 2.76 bits per heavy atom. The molecule has 0 fully saturated rings. The lowest BCUT2D eigenvalue weighted by Gasteiger charge is -2.02. The number of hydrogen-bond donors (Lipinski definition) is 0. The van der Waals surface area contributed by atoms with Crippen molar-refractivity contribution >= 4 is 22.8 Å². The van der Waals surface area contributed by atoms with Crippen molar-refractivity contribution in [3.8, 4) is 6.07 Å². The van der Waals surface area contributed by atoms with Crippen LogP contribution in [-0.2, 0) is 7.05 Å². The minimum Gasteiger partial charge on any atom is -0.322 e. The fourth-order valence-corrected chi connectivity index (χ4v) is 2.57. The van der Waals surface area contributed by atoms with Crippen molar-refractivity contribution < 1.29 is 0 Å². The van der Waals surface area contributed by atoms with E-state index in [-0.39, 0.29) is 0 Å². The van der Waals surface area contributed by atoms with Gasteiger partial charge in [-0.05, 0) is 37.1 Å². The first kappa shape index (κ1) is 12.0. The van der Waals surface area contributed by atoms with E-state index in [2.05, 4.69) is 41.6 Å². The molecule has 0 unspecified atom stereocenters. The number of nitrogens with zero attached hydrogens (tertiary/aromatic N) is 3. The molecular weight excluding hydrogens is 230 g/mol. The molecule has 2 rings (SSSR count). The second-order valence-corrected chi connectivity index (χ2v) is 5.20. The zero-order chi connectivity index (χ0) is 12.4. The van der Waals surface area contributed by atoms with Gasteiger partial charge in [-0.2, -0.15) is 5.26 Å². The normalized spacial score (nSPS) is 10.7. The molecule has 3 nitrogen and oxygen atoms in total. The summed E-state index contributed by atoms with van der Waals surface area (Å²) in [7, 11) is 2.03. The van der Waals surface area contributed by atoms with Crippen LogP contribution in [0.5, 0.6) is 0 Å². The average Bonchev–Trinajstić information content (AvgIpc) is 2.58. The molecule has 1 aromatic carbocycles. The molecule has 2 aromatic rings. The predicted molar refractivity (Wildman–Crippen MR) is 71.1 cm³/mol. The Kier molecular flexibility index (Phi) is 3.39. The summed E-state index contributed by atoms with van der Waals surface area (Å²) in [4.78, 5) is 4.60. The Morgan fingerprint density at radius 2 is 2.06 bits per heavy atom. The van der Waals surface area contributed by atoms with Crippen LogP contribution in [-0.4, -0.2) is 15.3 Å². The summed E-state index contributed by atoms with van der Waals surface area (Å²) in [5, 5.41) is 9.52. The second kappa shape index (κ2) is 4.80. The van der Waals surface area contributed by atoms with E-state index in [0.29, 0.717) is 6.42 Å². The van der Waals surface area contributed by atoms with Gasteiger partial charge in [0.2, 0.25) is 0 Å². The number of hydrogen-bond acceptors (Lipinski definition) is 3. The molecule has 0 aliphatic rings. The molecule has 0 radical (unpaired) electrons. The predicted octanol–water partition coefficient (Wildman–Crippen LogP) is 3.20. The van der Waals surface area contributed by atoms with E-state index < -0.39 is 0 Å². The summed E-state index contributed by atoms with van der Waals surface area (Å²) in [6, 6.07) is 6.45. The first-order valence-electron chi connectivity index (χ1n) is 5.57. The molecule has 88 valence electrons. The monoisotopic (exact) mass is 245 g/mol. The van der Waals surface area contributed by atoms with Crippen LogP contribution in [0.3, 0.4) is 0 Å². The van der Waals surface area contributed by atoms with Gasteiger partial charge >= 0.3 is 0 Å². The van der Waals surface area contributed by atoms with Crippen molar-refractivity contribution in [2.45, 2.75) is 25.4 Å². The smallest absolute Gasteiger partial charge is 0.168 e. The van der Waals surface area contributed by atoms with Crippen LogP contribution in [0.4, 0.5) is 0 Å². The molecule has 0 saturated carbocycles. The summed E-state index contributed by atoms with van der Waals surface area (Å²) >= 11 is 1.64. The van der Waals surface area contributed by atoms with Crippen molar-refractivity contribution in [1.82, 2.24) is 9.55 Å². The Balaban J connectivity index is 2.39. The molecule has 0 saturated heterocycles. The van der Waals surface area contributed by atoms with E-state index in [0.717, 1.165) is 21.9 Å². The van der Waals surface area contributed by atoms with Crippen LogP contribution < -0.4 is 0 Å². The van der Waals surface area contributed by atoms with E-state index in [1.807, 2.05) is 7.05 Å². The molecule has 0 N–H and O–H groups in total. The van der Waals surface area contributed by atoms with E-state index in [9.17, 15) is 0 Å². The van der Waals surface area contributed by atoms with Crippen LogP contribution in [0.1, 0.15) is 17.5 Å². The molecule has 0 spiro atoms. The summed E-state index contributed by atoms with van der Waals surface area (Å²) in [6.45, 7) is 4.22. The lowest BCUT2D eigenvalue weighted by atomic mass is 10.1. The summed E-state index contributed by atoms with van der Waals surface area (Å²) < 4.78 is 2.10. The summed E-state index contributed by atoms with van der Waals surface area (Å²) in [5.74, 6) is 0.797. The van der Waals surface area contributed by atoms with Gasteiger partial charge in [0.1, 0.15) is 0 Å². The first-order valence-corrected chi connectivity index (χ1v) is 6.55. The van der Waals surface area contributed by atoms with Gasteiger partial charge in [-0.1, -0.05) is 11.8 Å². The average molecular weight is 245 g/mol. The quantitative estimate of drug-likeness (QED) is 0.616. The van der Waals surface area contributed by atoms with Crippen LogP contribution in [0.2, 0.25) is 0 Å². The molecule has 0 bridgehead atoms. The maximum Gasteiger partial charge on any atom is 0.168 e. The Labute approximate surface area is 105 Å². The third kappa shape index (κ3) is 2.29. The Hall–Kier alpha value is -1.47. The maximum atomic E-state index is 8.54. The lowest BCUT2D eigenvalue weighted by Crippen LogP contribution is -1.91. The highest BCUT2D eigenvalue weighted by Crippen LogP contribution is 2.25. The molecule has 1 heterocycles. The second-order valence-electron chi connectivity index (χ2n) is 4.14. The molecule has 4 heteroatoms. The zero-order valence-electron chi connectivity index (χ0n) is 10.3. The number of fused-ring (bicyclic) bond motifs is 1. The van der Waals surface area contributed by atoms with Gasteiger partial charge in [-0.3, -0.25) is 0 Å². The highest BCUT2D eigenvalue weighted by Gasteiger charge is 2.09. The molecule has 0 amide bonds. The van der Waals surface area contributed by atoms with Crippen molar-refractivity contribution in [3.05, 3.63) is 23.3 Å². The number of nitriles is 1. The lowest BCUT2D eigenvalue weighted by molar-refractivity contribution is 0.814. The summed E-state index contributed by atoms with van der Waals surface area (Å²) in [5.41, 5.74) is 4.75. The number of imidazole rings is 1. The number of thioether (sulfide) groups is 1. The van der Waals surface area contributed by atoms with E-state index in [4.69, 9.17) is 5.26 Å². The van der Waals surface area contributed by atoms with E-state index >= 15 is 0 Å². The van der Waals surface area contributed by atoms with Crippen LogP contribution >= 0.6 is 11.8 Å². The number of aryl methyl sites for hydroxylation is 3. The fraction of sp³-hybridized carbons (Fsp3) is 0.385. The van der Waals surface area contributed by atoms with E-state index in [1.54, 1.807) is 11.8 Å². The Bertz CT molecular complexity index is 593. The number of benzene rings is 1. The van der Waals surface area contributed by atoms with E-state index in [1.165, 1.54) is 11.1 Å². The highest BCUT2D eigenvalue weighted by molar-refractivity contribution is 7.99. The maximum absolute atomic E-state index is 8.54. The summed E-state index contributed by atoms with van der Waals surface area (Å²) in [6.07, 6.45) is 0.561. The van der Waals surface area contributed by atoms with Crippen LogP contribution in [0, 0.1) is 25.2 Å². The topological polar surface area (TPSA) is 41.6 Å². The molecule has 0 aliphatic heterocycles. The van der Waals surface area contributed by atoms with Crippen LogP contribution in [0.25, 0.3) is 11.0 Å². The van der Waals surface area contributed by atoms with Crippen molar-refractivity contribution in [1.29, 1.82) is 5.26 Å².